The number of hydrogen-bond donors (Lipinski definition) is 1. The molecule has 0 saturated carbocycles. The first-order valence-corrected chi connectivity index (χ1v) is 7.39. The highest BCUT2D eigenvalue weighted by Crippen LogP contribution is 2.30. The number of ether oxygens (including phenoxy) is 1. The van der Waals surface area contributed by atoms with E-state index in [0.717, 1.165) is 23.3 Å². The minimum absolute atomic E-state index is 0.282. The zero-order chi connectivity index (χ0) is 17.9. The number of amides is 1. The molecule has 2 aromatic carbocycles. The summed E-state index contributed by atoms with van der Waals surface area (Å²) in [4.78, 5) is 12.1. The van der Waals surface area contributed by atoms with Crippen molar-refractivity contribution in [1.29, 1.82) is 0 Å². The summed E-state index contributed by atoms with van der Waals surface area (Å²) >= 11 is 0. The summed E-state index contributed by atoms with van der Waals surface area (Å²) in [5.41, 5.74) is 1.50. The maximum absolute atomic E-state index is 12.5. The first-order chi connectivity index (χ1) is 11.2. The maximum atomic E-state index is 12.5. The normalized spacial score (nSPS) is 12.6. The van der Waals surface area contributed by atoms with Crippen LogP contribution in [0.1, 0.15) is 23.6 Å². The third-order valence-corrected chi connectivity index (χ3v) is 3.71. The van der Waals surface area contributed by atoms with Crippen LogP contribution in [-0.2, 0) is 11.0 Å². The van der Waals surface area contributed by atoms with Crippen LogP contribution < -0.4 is 10.1 Å². The Morgan fingerprint density at radius 2 is 1.71 bits per heavy atom. The van der Waals surface area contributed by atoms with Crippen LogP contribution in [0.4, 0.5) is 18.9 Å². The molecule has 0 saturated heterocycles. The van der Waals surface area contributed by atoms with Crippen molar-refractivity contribution >= 4 is 11.6 Å². The fourth-order valence-electron chi connectivity index (χ4n) is 2.08. The molecule has 3 nitrogen and oxygen atoms in total. The molecule has 0 radical (unpaired) electrons. The molecular formula is C18H18F3NO2. The van der Waals surface area contributed by atoms with Crippen LogP contribution in [0.5, 0.6) is 5.75 Å². The van der Waals surface area contributed by atoms with Gasteiger partial charge >= 0.3 is 6.18 Å². The third-order valence-electron chi connectivity index (χ3n) is 3.71. The van der Waals surface area contributed by atoms with E-state index >= 15 is 0 Å². The number of halogens is 3. The van der Waals surface area contributed by atoms with Gasteiger partial charge in [-0.2, -0.15) is 13.2 Å². The largest absolute Gasteiger partial charge is 0.481 e. The molecule has 0 bridgehead atoms. The summed E-state index contributed by atoms with van der Waals surface area (Å²) in [6.45, 7) is 5.42. The number of carbonyl (C=O) groups excluding carboxylic acids is 1. The average molecular weight is 337 g/mol. The van der Waals surface area contributed by atoms with Gasteiger partial charge in [0.25, 0.3) is 5.91 Å². The second kappa shape index (κ2) is 6.95. The SMILES string of the molecule is Cc1cccc(O[C@H](C)C(=O)Nc2ccc(C(F)(F)F)cc2)c1C. The van der Waals surface area contributed by atoms with Crippen molar-refractivity contribution in [2.24, 2.45) is 0 Å². The Hall–Kier alpha value is -2.50. The Morgan fingerprint density at radius 3 is 2.29 bits per heavy atom. The predicted octanol–water partition coefficient (Wildman–Crippen LogP) is 4.73. The summed E-state index contributed by atoms with van der Waals surface area (Å²) in [7, 11) is 0. The zero-order valence-electron chi connectivity index (χ0n) is 13.6. The van der Waals surface area contributed by atoms with E-state index in [2.05, 4.69) is 5.32 Å². The van der Waals surface area contributed by atoms with Gasteiger partial charge in [-0.1, -0.05) is 12.1 Å². The molecule has 24 heavy (non-hydrogen) atoms. The molecule has 0 spiro atoms. The Bertz CT molecular complexity index is 724. The monoisotopic (exact) mass is 337 g/mol. The van der Waals surface area contributed by atoms with Crippen molar-refractivity contribution in [1.82, 2.24) is 0 Å². The van der Waals surface area contributed by atoms with Crippen LogP contribution in [0.2, 0.25) is 0 Å². The number of alkyl halides is 3. The molecule has 0 heterocycles. The predicted molar refractivity (Wildman–Crippen MR) is 86.1 cm³/mol. The molecule has 0 fully saturated rings. The van der Waals surface area contributed by atoms with E-state index in [-0.39, 0.29) is 5.69 Å². The lowest BCUT2D eigenvalue weighted by atomic mass is 10.1. The Kier molecular flexibility index (Phi) is 5.17. The minimum Gasteiger partial charge on any atom is -0.481 e. The van der Waals surface area contributed by atoms with Gasteiger partial charge in [-0.15, -0.1) is 0 Å². The number of anilines is 1. The highest BCUT2D eigenvalue weighted by molar-refractivity contribution is 5.94. The summed E-state index contributed by atoms with van der Waals surface area (Å²) in [5.74, 6) is 0.167. The van der Waals surface area contributed by atoms with Crippen LogP contribution in [0.3, 0.4) is 0 Å². The minimum atomic E-state index is -4.40. The lowest BCUT2D eigenvalue weighted by Gasteiger charge is -2.17. The van der Waals surface area contributed by atoms with E-state index in [1.807, 2.05) is 26.0 Å². The van der Waals surface area contributed by atoms with Crippen molar-refractivity contribution in [2.45, 2.75) is 33.1 Å². The summed E-state index contributed by atoms with van der Waals surface area (Å²) in [6, 6.07) is 9.81. The Balaban J connectivity index is 2.02. The molecule has 0 aliphatic heterocycles. The van der Waals surface area contributed by atoms with E-state index in [1.165, 1.54) is 12.1 Å². The summed E-state index contributed by atoms with van der Waals surface area (Å²) < 4.78 is 43.2. The van der Waals surface area contributed by atoms with Gasteiger partial charge in [0.2, 0.25) is 0 Å². The summed E-state index contributed by atoms with van der Waals surface area (Å²) in [6.07, 6.45) is -5.19. The molecule has 2 rings (SSSR count). The number of nitrogens with one attached hydrogen (secondary N) is 1. The fraction of sp³-hybridized carbons (Fsp3) is 0.278. The van der Waals surface area contributed by atoms with Crippen LogP contribution in [-0.4, -0.2) is 12.0 Å². The van der Waals surface area contributed by atoms with E-state index in [9.17, 15) is 18.0 Å². The molecule has 0 aliphatic carbocycles. The topological polar surface area (TPSA) is 38.3 Å². The zero-order valence-corrected chi connectivity index (χ0v) is 13.6. The molecule has 1 amide bonds. The fourth-order valence-corrected chi connectivity index (χ4v) is 2.08. The highest BCUT2D eigenvalue weighted by atomic mass is 19.4. The van der Waals surface area contributed by atoms with Gasteiger partial charge in [-0.3, -0.25) is 4.79 Å². The number of rotatable bonds is 4. The second-order valence-electron chi connectivity index (χ2n) is 5.52. The third kappa shape index (κ3) is 4.28. The second-order valence-corrected chi connectivity index (χ2v) is 5.52. The van der Waals surface area contributed by atoms with Crippen LogP contribution in [0.25, 0.3) is 0 Å². The van der Waals surface area contributed by atoms with Crippen LogP contribution >= 0.6 is 0 Å². The molecular weight excluding hydrogens is 319 g/mol. The van der Waals surface area contributed by atoms with E-state index in [4.69, 9.17) is 4.74 Å². The van der Waals surface area contributed by atoms with E-state index < -0.39 is 23.8 Å². The number of aryl methyl sites for hydroxylation is 1. The smallest absolute Gasteiger partial charge is 0.416 e. The lowest BCUT2D eigenvalue weighted by Crippen LogP contribution is -2.30. The van der Waals surface area contributed by atoms with Gasteiger partial charge in [-0.25, -0.2) is 0 Å². The highest BCUT2D eigenvalue weighted by Gasteiger charge is 2.30. The van der Waals surface area contributed by atoms with Gasteiger partial charge in [0.05, 0.1) is 5.56 Å². The molecule has 1 atom stereocenters. The van der Waals surface area contributed by atoms with Gasteiger partial charge in [0.1, 0.15) is 5.75 Å². The molecule has 128 valence electrons. The standard InChI is InChI=1S/C18H18F3NO2/c1-11-5-4-6-16(12(11)2)24-13(3)17(23)22-15-9-7-14(8-10-15)18(19,20)21/h4-10,13H,1-3H3,(H,22,23)/t13-/m1/s1. The van der Waals surface area contributed by atoms with E-state index in [1.54, 1.807) is 13.0 Å². The number of benzene rings is 2. The maximum Gasteiger partial charge on any atom is 0.416 e. The van der Waals surface area contributed by atoms with Crippen molar-refractivity contribution < 1.29 is 22.7 Å². The van der Waals surface area contributed by atoms with Crippen molar-refractivity contribution in [3.05, 3.63) is 59.2 Å². The van der Waals surface area contributed by atoms with Crippen molar-refractivity contribution in [3.8, 4) is 5.75 Å². The molecule has 0 aromatic heterocycles. The quantitative estimate of drug-likeness (QED) is 0.876. The number of carbonyl (C=O) groups is 1. The Labute approximate surface area is 138 Å². The molecule has 2 aromatic rings. The number of hydrogen-bond acceptors (Lipinski definition) is 2. The van der Waals surface area contributed by atoms with Crippen LogP contribution in [0.15, 0.2) is 42.5 Å². The first kappa shape index (κ1) is 17.8. The van der Waals surface area contributed by atoms with Gasteiger partial charge < -0.3 is 10.1 Å². The van der Waals surface area contributed by atoms with Gasteiger partial charge in [-0.05, 0) is 62.2 Å². The Morgan fingerprint density at radius 1 is 1.08 bits per heavy atom. The van der Waals surface area contributed by atoms with Gasteiger partial charge in [0.15, 0.2) is 6.10 Å². The van der Waals surface area contributed by atoms with Crippen molar-refractivity contribution in [3.63, 3.8) is 0 Å². The first-order valence-electron chi connectivity index (χ1n) is 7.39. The molecule has 1 N–H and O–H groups in total. The average Bonchev–Trinajstić information content (AvgIpc) is 2.51. The summed E-state index contributed by atoms with van der Waals surface area (Å²) in [5, 5.41) is 2.54. The molecule has 6 heteroatoms. The van der Waals surface area contributed by atoms with Gasteiger partial charge in [0, 0.05) is 5.69 Å². The van der Waals surface area contributed by atoms with E-state index in [0.29, 0.717) is 5.75 Å². The van der Waals surface area contributed by atoms with Crippen molar-refractivity contribution in [2.75, 3.05) is 5.32 Å². The lowest BCUT2D eigenvalue weighted by molar-refractivity contribution is -0.137. The van der Waals surface area contributed by atoms with Crippen LogP contribution in [0, 0.1) is 13.8 Å². The molecule has 0 aliphatic rings. The molecule has 0 unspecified atom stereocenters.